The molecule has 6 amide bonds. The Morgan fingerprint density at radius 3 is 2.39 bits per heavy atom. The molecule has 0 spiro atoms. The van der Waals surface area contributed by atoms with Crippen LogP contribution in [0.2, 0.25) is 0 Å². The van der Waals surface area contributed by atoms with E-state index in [-0.39, 0.29) is 66.6 Å². The normalized spacial score (nSPS) is 12.5. The number of carbonyl (C=O) groups excluding carboxylic acids is 6. The quantitative estimate of drug-likeness (QED) is 0.109. The lowest BCUT2D eigenvalue weighted by Crippen LogP contribution is -2.46. The van der Waals surface area contributed by atoms with Crippen LogP contribution in [0.25, 0.3) is 17.1 Å². The van der Waals surface area contributed by atoms with Crippen LogP contribution in [0, 0.1) is 0 Å². The van der Waals surface area contributed by atoms with Gasteiger partial charge in [0.15, 0.2) is 5.82 Å². The minimum absolute atomic E-state index is 0.0347. The molecule has 0 fully saturated rings. The van der Waals surface area contributed by atoms with Gasteiger partial charge in [-0.25, -0.2) is 4.79 Å². The van der Waals surface area contributed by atoms with Gasteiger partial charge >= 0.3 is 6.09 Å². The number of rotatable bonds is 15. The van der Waals surface area contributed by atoms with E-state index in [4.69, 9.17) is 4.74 Å². The summed E-state index contributed by atoms with van der Waals surface area (Å²) in [5.41, 5.74) is 2.66. The number of phenols is 2. The Morgan fingerprint density at radius 1 is 1.00 bits per heavy atom. The summed E-state index contributed by atoms with van der Waals surface area (Å²) in [5, 5.41) is 37.0. The van der Waals surface area contributed by atoms with Gasteiger partial charge in [0.25, 0.3) is 17.7 Å². The maximum absolute atomic E-state index is 13.3. The molecule has 0 saturated heterocycles. The van der Waals surface area contributed by atoms with E-state index in [1.54, 1.807) is 62.5 Å². The van der Waals surface area contributed by atoms with Gasteiger partial charge < -0.3 is 30.1 Å². The highest BCUT2D eigenvalue weighted by Gasteiger charge is 2.37. The van der Waals surface area contributed by atoms with Gasteiger partial charge in [-0.05, 0) is 67.3 Å². The molecule has 0 radical (unpaired) electrons. The molecule has 17 nitrogen and oxygen atoms in total. The minimum Gasteiger partial charge on any atom is -0.508 e. The van der Waals surface area contributed by atoms with E-state index in [2.05, 4.69) is 26.1 Å². The van der Waals surface area contributed by atoms with E-state index >= 15 is 0 Å². The fraction of sp³-hybridized carbons (Fsp3) is 0.333. The summed E-state index contributed by atoms with van der Waals surface area (Å²) in [7, 11) is 1.54. The average Bonchev–Trinajstić information content (AvgIpc) is 3.75. The van der Waals surface area contributed by atoms with Gasteiger partial charge in [0, 0.05) is 54.3 Å². The summed E-state index contributed by atoms with van der Waals surface area (Å²) in [5.74, 6) is -2.23. The number of hydrogen-bond acceptors (Lipinski definition) is 11. The molecular formula is C39H44N8O9. The predicted molar refractivity (Wildman–Crippen MR) is 203 cm³/mol. The van der Waals surface area contributed by atoms with E-state index in [1.807, 2.05) is 20.8 Å². The Hall–Kier alpha value is -6.78. The molecule has 3 aromatic carbocycles. The van der Waals surface area contributed by atoms with Crippen molar-refractivity contribution in [2.45, 2.75) is 59.0 Å². The number of likely N-dealkylation sites (N-methyl/N-ethyl adjacent to an activating group) is 1. The number of fused-ring (bicyclic) bond motifs is 1. The number of nitrogens with one attached hydrogen (secondary N) is 3. The van der Waals surface area contributed by atoms with Crippen molar-refractivity contribution < 1.29 is 43.7 Å². The number of imide groups is 1. The molecule has 2 heterocycles. The van der Waals surface area contributed by atoms with Crippen LogP contribution in [-0.4, -0.2) is 104 Å². The van der Waals surface area contributed by atoms with E-state index in [0.29, 0.717) is 53.0 Å². The number of benzene rings is 3. The van der Waals surface area contributed by atoms with Crippen LogP contribution in [0.1, 0.15) is 88.9 Å². The van der Waals surface area contributed by atoms with Crippen LogP contribution in [-0.2, 0) is 20.9 Å². The van der Waals surface area contributed by atoms with Gasteiger partial charge in [-0.1, -0.05) is 33.3 Å². The van der Waals surface area contributed by atoms with Crippen LogP contribution < -0.4 is 16.0 Å². The first-order valence-corrected chi connectivity index (χ1v) is 18.1. The van der Waals surface area contributed by atoms with E-state index in [9.17, 15) is 39.0 Å². The highest BCUT2D eigenvalue weighted by Crippen LogP contribution is 2.38. The Kier molecular flexibility index (Phi) is 12.7. The molecule has 17 heteroatoms. The molecule has 0 bridgehead atoms. The smallest absolute Gasteiger partial charge is 0.411 e. The van der Waals surface area contributed by atoms with E-state index in [0.717, 1.165) is 0 Å². The minimum atomic E-state index is -0.864. The number of nitrogens with zero attached hydrogens (tertiary/aromatic N) is 5. The summed E-state index contributed by atoms with van der Waals surface area (Å²) in [6.45, 7) is 7.62. The van der Waals surface area contributed by atoms with E-state index < -0.39 is 29.9 Å². The second kappa shape index (κ2) is 17.6. The molecule has 1 atom stereocenters. The Labute approximate surface area is 322 Å². The van der Waals surface area contributed by atoms with Crippen molar-refractivity contribution in [2.24, 2.45) is 0 Å². The van der Waals surface area contributed by atoms with Crippen LogP contribution >= 0.6 is 0 Å². The average molecular weight is 769 g/mol. The van der Waals surface area contributed by atoms with Crippen molar-refractivity contribution >= 4 is 41.8 Å². The number of amides is 6. The highest BCUT2D eigenvalue weighted by atomic mass is 16.5. The second-order valence-electron chi connectivity index (χ2n) is 13.4. The molecule has 5 rings (SSSR count). The van der Waals surface area contributed by atoms with Crippen LogP contribution in [0.15, 0.2) is 54.6 Å². The predicted octanol–water partition coefficient (Wildman–Crippen LogP) is 3.94. The Bertz CT molecular complexity index is 2150. The number of aromatic hydroxyl groups is 2. The summed E-state index contributed by atoms with van der Waals surface area (Å²) in [6.07, 6.45) is 0.397. The maximum Gasteiger partial charge on any atom is 0.411 e. The Balaban J connectivity index is 1.25. The molecule has 5 N–H and O–H groups in total. The molecule has 1 aromatic heterocycles. The first-order valence-electron chi connectivity index (χ1n) is 18.1. The number of hydrogen-bond donors (Lipinski definition) is 5. The molecule has 1 unspecified atom stereocenters. The van der Waals surface area contributed by atoms with Gasteiger partial charge in [0.2, 0.25) is 18.1 Å². The maximum atomic E-state index is 13.3. The van der Waals surface area contributed by atoms with Gasteiger partial charge in [0.05, 0.1) is 12.1 Å². The second-order valence-corrected chi connectivity index (χ2v) is 13.4. The van der Waals surface area contributed by atoms with Crippen LogP contribution in [0.5, 0.6) is 11.5 Å². The fourth-order valence-electron chi connectivity index (χ4n) is 6.40. The molecular weight excluding hydrogens is 724 g/mol. The summed E-state index contributed by atoms with van der Waals surface area (Å²) >= 11 is 0. The number of anilines is 1. The number of ether oxygens (including phenoxy) is 1. The molecule has 1 aliphatic rings. The SMILES string of the molecule is CCCC(C(=O)NC=O)N1Cc2c(NC(=O)OCCN(C)C(=O)c3ccc(-n4c(C(=O)NCC)nnc4-c4cc(C(C)C)c(O)cc4O)cc3)cccc2C1=O. The molecule has 56 heavy (non-hydrogen) atoms. The van der Waals surface area contributed by atoms with Crippen molar-refractivity contribution in [2.75, 3.05) is 32.1 Å². The van der Waals surface area contributed by atoms with Gasteiger partial charge in [-0.15, -0.1) is 10.2 Å². The summed E-state index contributed by atoms with van der Waals surface area (Å²) in [6, 6.07) is 13.1. The number of phenolic OH excluding ortho intramolecular Hbond substituents is 2. The third-order valence-electron chi connectivity index (χ3n) is 9.27. The molecule has 0 saturated carbocycles. The standard InChI is InChI=1S/C39H44N8O9/c1-6-9-30(35(51)41-21-48)46-20-28-25(38(46)54)10-8-11-29(28)42-39(55)56-17-16-45(5)37(53)23-12-14-24(15-13-23)47-33(43-44-34(47)36(52)40-7-2)27-18-26(22(3)4)31(49)19-32(27)50/h8,10-15,18-19,21-22,30,49-50H,6-7,9,16-17,20H2,1-5H3,(H,40,52)(H,42,55)(H,41,48,51). The largest absolute Gasteiger partial charge is 0.508 e. The fourth-order valence-corrected chi connectivity index (χ4v) is 6.40. The number of aromatic nitrogens is 3. The molecule has 4 aromatic rings. The summed E-state index contributed by atoms with van der Waals surface area (Å²) in [4.78, 5) is 78.5. The van der Waals surface area contributed by atoms with Crippen LogP contribution in [0.4, 0.5) is 10.5 Å². The first kappa shape index (κ1) is 40.4. The van der Waals surface area contributed by atoms with Crippen molar-refractivity contribution in [1.29, 1.82) is 0 Å². The van der Waals surface area contributed by atoms with Crippen molar-refractivity contribution in [3.05, 3.63) is 82.7 Å². The third-order valence-corrected chi connectivity index (χ3v) is 9.27. The molecule has 294 valence electrons. The lowest BCUT2D eigenvalue weighted by molar-refractivity contribution is -0.129. The van der Waals surface area contributed by atoms with Crippen molar-refractivity contribution in [3.8, 4) is 28.6 Å². The Morgan fingerprint density at radius 2 is 1.73 bits per heavy atom. The lowest BCUT2D eigenvalue weighted by Gasteiger charge is -2.25. The third kappa shape index (κ3) is 8.46. The molecule has 0 aliphatic carbocycles. The first-order chi connectivity index (χ1) is 26.8. The molecule has 1 aliphatic heterocycles. The zero-order valence-corrected chi connectivity index (χ0v) is 31.7. The zero-order chi connectivity index (χ0) is 40.7. The van der Waals surface area contributed by atoms with Gasteiger partial charge in [-0.2, -0.15) is 0 Å². The highest BCUT2D eigenvalue weighted by molar-refractivity contribution is 6.04. The lowest BCUT2D eigenvalue weighted by atomic mass is 9.98. The van der Waals surface area contributed by atoms with Crippen LogP contribution in [0.3, 0.4) is 0 Å². The van der Waals surface area contributed by atoms with Gasteiger partial charge in [0.1, 0.15) is 24.1 Å². The van der Waals surface area contributed by atoms with E-state index in [1.165, 1.54) is 20.4 Å². The van der Waals surface area contributed by atoms with Gasteiger partial charge in [-0.3, -0.25) is 39.2 Å². The topological polar surface area (TPSA) is 225 Å². The van der Waals surface area contributed by atoms with Crippen molar-refractivity contribution in [3.63, 3.8) is 0 Å². The van der Waals surface area contributed by atoms with Crippen molar-refractivity contribution in [1.82, 2.24) is 35.2 Å². The zero-order valence-electron chi connectivity index (χ0n) is 31.7. The number of carbonyl (C=O) groups is 6. The summed E-state index contributed by atoms with van der Waals surface area (Å²) < 4.78 is 6.81. The monoisotopic (exact) mass is 768 g/mol.